The minimum atomic E-state index is 0.261. The molecular formula is C17H22N4OS. The lowest BCUT2D eigenvalue weighted by Gasteiger charge is -2.23. The van der Waals surface area contributed by atoms with Crippen molar-refractivity contribution < 1.29 is 4.74 Å². The number of aromatic amines is 1. The number of aromatic nitrogens is 3. The van der Waals surface area contributed by atoms with Gasteiger partial charge in [0.2, 0.25) is 0 Å². The highest BCUT2D eigenvalue weighted by molar-refractivity contribution is 7.11. The van der Waals surface area contributed by atoms with Gasteiger partial charge in [-0.2, -0.15) is 5.10 Å². The molecule has 0 saturated carbocycles. The van der Waals surface area contributed by atoms with Crippen molar-refractivity contribution in [3.63, 3.8) is 0 Å². The molecule has 1 atom stereocenters. The van der Waals surface area contributed by atoms with Gasteiger partial charge in [0.15, 0.2) is 0 Å². The first-order valence-corrected chi connectivity index (χ1v) is 8.46. The second-order valence-electron chi connectivity index (χ2n) is 5.85. The topological polar surface area (TPSA) is 54.0 Å². The number of hydrogen-bond acceptors (Lipinski definition) is 5. The third-order valence-corrected chi connectivity index (χ3v) is 5.15. The predicted molar refractivity (Wildman–Crippen MR) is 94.1 cm³/mol. The van der Waals surface area contributed by atoms with Gasteiger partial charge in [-0.25, -0.2) is 4.98 Å². The normalized spacial score (nSPS) is 13.0. The van der Waals surface area contributed by atoms with Crippen molar-refractivity contribution >= 4 is 22.2 Å². The Bertz CT molecular complexity index is 823. The summed E-state index contributed by atoms with van der Waals surface area (Å²) in [4.78, 5) is 8.26. The van der Waals surface area contributed by atoms with E-state index >= 15 is 0 Å². The van der Waals surface area contributed by atoms with Crippen LogP contribution < -0.4 is 4.74 Å². The number of nitrogens with one attached hydrogen (secondary N) is 1. The molecule has 122 valence electrons. The maximum atomic E-state index is 5.25. The molecule has 5 nitrogen and oxygen atoms in total. The van der Waals surface area contributed by atoms with Crippen LogP contribution in [0, 0.1) is 13.8 Å². The van der Waals surface area contributed by atoms with Crippen LogP contribution in [0.15, 0.2) is 18.2 Å². The quantitative estimate of drug-likeness (QED) is 0.772. The van der Waals surface area contributed by atoms with Gasteiger partial charge in [-0.15, -0.1) is 11.3 Å². The number of thiazole rings is 1. The van der Waals surface area contributed by atoms with Crippen LogP contribution in [0.3, 0.4) is 0 Å². The van der Waals surface area contributed by atoms with Gasteiger partial charge in [0.05, 0.1) is 35.1 Å². The molecule has 3 aromatic rings. The van der Waals surface area contributed by atoms with Crippen molar-refractivity contribution in [2.24, 2.45) is 0 Å². The summed E-state index contributed by atoms with van der Waals surface area (Å²) >= 11 is 1.76. The Balaban J connectivity index is 1.82. The molecule has 0 aliphatic rings. The van der Waals surface area contributed by atoms with E-state index in [9.17, 15) is 0 Å². The molecule has 0 radical (unpaired) electrons. The molecule has 2 aromatic heterocycles. The molecule has 0 aliphatic heterocycles. The molecule has 0 bridgehead atoms. The highest BCUT2D eigenvalue weighted by Crippen LogP contribution is 2.28. The van der Waals surface area contributed by atoms with Crippen molar-refractivity contribution in [3.05, 3.63) is 39.5 Å². The maximum absolute atomic E-state index is 5.25. The zero-order chi connectivity index (χ0) is 16.6. The molecular weight excluding hydrogens is 308 g/mol. The van der Waals surface area contributed by atoms with E-state index in [4.69, 9.17) is 4.74 Å². The van der Waals surface area contributed by atoms with E-state index in [1.807, 2.05) is 12.1 Å². The lowest BCUT2D eigenvalue weighted by molar-refractivity contribution is 0.246. The molecule has 0 aliphatic carbocycles. The van der Waals surface area contributed by atoms with Gasteiger partial charge in [-0.3, -0.25) is 10.00 Å². The van der Waals surface area contributed by atoms with Crippen LogP contribution in [-0.4, -0.2) is 34.2 Å². The largest absolute Gasteiger partial charge is 0.497 e. The van der Waals surface area contributed by atoms with Gasteiger partial charge in [-0.05, 0) is 40.0 Å². The van der Waals surface area contributed by atoms with Gasteiger partial charge in [0.25, 0.3) is 0 Å². The second-order valence-corrected chi connectivity index (χ2v) is 7.26. The molecule has 2 heterocycles. The Kier molecular flexibility index (Phi) is 4.37. The molecule has 1 aromatic carbocycles. The van der Waals surface area contributed by atoms with Crippen molar-refractivity contribution in [1.82, 2.24) is 20.1 Å². The maximum Gasteiger partial charge on any atom is 0.121 e. The Labute approximate surface area is 140 Å². The van der Waals surface area contributed by atoms with Gasteiger partial charge < -0.3 is 4.74 Å². The van der Waals surface area contributed by atoms with E-state index in [2.05, 4.69) is 54.0 Å². The van der Waals surface area contributed by atoms with Gasteiger partial charge >= 0.3 is 0 Å². The Morgan fingerprint density at radius 1 is 1.35 bits per heavy atom. The average molecular weight is 330 g/mol. The zero-order valence-electron chi connectivity index (χ0n) is 14.2. The highest BCUT2D eigenvalue weighted by atomic mass is 32.1. The number of fused-ring (bicyclic) bond motifs is 1. The van der Waals surface area contributed by atoms with E-state index < -0.39 is 0 Å². The van der Waals surface area contributed by atoms with E-state index in [0.29, 0.717) is 0 Å². The van der Waals surface area contributed by atoms with Crippen LogP contribution in [-0.2, 0) is 6.54 Å². The smallest absolute Gasteiger partial charge is 0.121 e. The standard InChI is InChI=1S/C17H22N4OS/c1-10(17-11(2)23-12(3)18-17)21(4)9-16-14-7-6-13(22-5)8-15(14)19-20-16/h6-8,10H,9H2,1-5H3,(H,19,20)/t10-/m0/s1. The molecule has 0 amide bonds. The summed E-state index contributed by atoms with van der Waals surface area (Å²) in [6, 6.07) is 6.24. The van der Waals surface area contributed by atoms with Gasteiger partial charge in [0, 0.05) is 22.9 Å². The van der Waals surface area contributed by atoms with Crippen LogP contribution in [0.25, 0.3) is 10.9 Å². The fraction of sp³-hybridized carbons (Fsp3) is 0.412. The summed E-state index contributed by atoms with van der Waals surface area (Å²) in [5.41, 5.74) is 3.21. The average Bonchev–Trinajstić information content (AvgIpc) is 3.08. The summed E-state index contributed by atoms with van der Waals surface area (Å²) in [5, 5.41) is 9.80. The Morgan fingerprint density at radius 2 is 2.13 bits per heavy atom. The molecule has 0 unspecified atom stereocenters. The number of aryl methyl sites for hydroxylation is 2. The van der Waals surface area contributed by atoms with Gasteiger partial charge in [-0.1, -0.05) is 0 Å². The van der Waals surface area contributed by atoms with Crippen molar-refractivity contribution in [2.45, 2.75) is 33.4 Å². The molecule has 1 N–H and O–H groups in total. The number of H-pyrrole nitrogens is 1. The first-order chi connectivity index (χ1) is 11.0. The Hall–Kier alpha value is -1.92. The fourth-order valence-corrected chi connectivity index (χ4v) is 3.73. The SMILES string of the molecule is COc1ccc2c(CN(C)[C@@H](C)c3nc(C)sc3C)[nH]nc2c1. The second kappa shape index (κ2) is 6.29. The number of benzene rings is 1. The van der Waals surface area contributed by atoms with Crippen LogP contribution >= 0.6 is 11.3 Å². The molecule has 23 heavy (non-hydrogen) atoms. The van der Waals surface area contributed by atoms with E-state index in [-0.39, 0.29) is 6.04 Å². The van der Waals surface area contributed by atoms with E-state index in [0.717, 1.165) is 33.9 Å². The molecule has 0 spiro atoms. The predicted octanol–water partition coefficient (Wildman–Crippen LogP) is 3.84. The lowest BCUT2D eigenvalue weighted by atomic mass is 10.1. The minimum Gasteiger partial charge on any atom is -0.497 e. The monoisotopic (exact) mass is 330 g/mol. The fourth-order valence-electron chi connectivity index (χ4n) is 2.82. The minimum absolute atomic E-state index is 0.261. The number of ether oxygens (including phenoxy) is 1. The molecule has 0 saturated heterocycles. The van der Waals surface area contributed by atoms with Crippen LogP contribution in [0.5, 0.6) is 5.75 Å². The van der Waals surface area contributed by atoms with Crippen LogP contribution in [0.4, 0.5) is 0 Å². The molecule has 3 rings (SSSR count). The third kappa shape index (κ3) is 3.09. The molecule has 6 heteroatoms. The van der Waals surface area contributed by atoms with Crippen LogP contribution in [0.2, 0.25) is 0 Å². The summed E-state index contributed by atoms with van der Waals surface area (Å²) < 4.78 is 5.25. The number of hydrogen-bond donors (Lipinski definition) is 1. The lowest BCUT2D eigenvalue weighted by Crippen LogP contribution is -2.23. The first-order valence-electron chi connectivity index (χ1n) is 7.64. The van der Waals surface area contributed by atoms with Crippen LogP contribution in [0.1, 0.15) is 34.2 Å². The highest BCUT2D eigenvalue weighted by Gasteiger charge is 2.19. The van der Waals surface area contributed by atoms with Crippen molar-refractivity contribution in [1.29, 1.82) is 0 Å². The number of rotatable bonds is 5. The summed E-state index contributed by atoms with van der Waals surface area (Å²) in [7, 11) is 3.79. The van der Waals surface area contributed by atoms with E-state index in [1.165, 1.54) is 10.6 Å². The summed E-state index contributed by atoms with van der Waals surface area (Å²) in [6.07, 6.45) is 0. The number of nitrogens with zero attached hydrogens (tertiary/aromatic N) is 3. The van der Waals surface area contributed by atoms with Crippen molar-refractivity contribution in [2.75, 3.05) is 14.2 Å². The zero-order valence-corrected chi connectivity index (χ0v) is 15.0. The van der Waals surface area contributed by atoms with E-state index in [1.54, 1.807) is 18.4 Å². The third-order valence-electron chi connectivity index (χ3n) is 4.25. The summed E-state index contributed by atoms with van der Waals surface area (Å²) in [5.74, 6) is 0.825. The van der Waals surface area contributed by atoms with Crippen molar-refractivity contribution in [3.8, 4) is 5.75 Å². The van der Waals surface area contributed by atoms with Gasteiger partial charge in [0.1, 0.15) is 5.75 Å². The molecule has 0 fully saturated rings. The Morgan fingerprint density at radius 3 is 2.78 bits per heavy atom. The summed E-state index contributed by atoms with van der Waals surface area (Å²) in [6.45, 7) is 7.19. The number of methoxy groups -OCH3 is 1. The first kappa shape index (κ1) is 16.0.